The molecule has 1 aromatic heterocycles. The Bertz CT molecular complexity index is 579. The minimum absolute atomic E-state index is 0.544. The summed E-state index contributed by atoms with van der Waals surface area (Å²) < 4.78 is 7.17. The molecule has 1 unspecified atom stereocenters. The Morgan fingerprint density at radius 2 is 2.37 bits per heavy atom. The molecule has 2 aromatic rings. The number of hydrogen-bond acceptors (Lipinski definition) is 4. The number of methoxy groups -OCH3 is 1. The Labute approximate surface area is 112 Å². The second-order valence-corrected chi connectivity index (χ2v) is 4.94. The number of fused-ring (bicyclic) bond motifs is 1. The smallest absolute Gasteiger partial charge is 0.121 e. The molecular weight excluding hydrogens is 240 g/mol. The summed E-state index contributed by atoms with van der Waals surface area (Å²) in [7, 11) is 1.67. The molecule has 5 nitrogen and oxygen atoms in total. The first-order chi connectivity index (χ1) is 9.31. The van der Waals surface area contributed by atoms with Gasteiger partial charge in [0.25, 0.3) is 0 Å². The maximum atomic E-state index is 5.74. The molecule has 2 N–H and O–H groups in total. The number of aromatic nitrogens is 3. The van der Waals surface area contributed by atoms with E-state index in [4.69, 9.17) is 10.5 Å². The summed E-state index contributed by atoms with van der Waals surface area (Å²) in [6.07, 6.45) is 3.04. The Balaban J connectivity index is 1.96. The topological polar surface area (TPSA) is 66.0 Å². The van der Waals surface area contributed by atoms with E-state index in [0.29, 0.717) is 5.92 Å². The lowest BCUT2D eigenvalue weighted by atomic mass is 9.90. The van der Waals surface area contributed by atoms with Crippen LogP contribution in [0.5, 0.6) is 5.75 Å². The third-order valence-electron chi connectivity index (χ3n) is 3.75. The number of nitrogens with two attached hydrogens (primary N) is 1. The summed E-state index contributed by atoms with van der Waals surface area (Å²) >= 11 is 0. The fourth-order valence-corrected chi connectivity index (χ4v) is 2.61. The molecule has 1 aliphatic rings. The molecule has 0 amide bonds. The molecule has 100 valence electrons. The predicted octanol–water partition coefficient (Wildman–Crippen LogP) is 1.34. The van der Waals surface area contributed by atoms with Gasteiger partial charge in [0.2, 0.25) is 0 Å². The zero-order valence-electron chi connectivity index (χ0n) is 11.0. The molecule has 0 radical (unpaired) electrons. The molecule has 0 aliphatic heterocycles. The van der Waals surface area contributed by atoms with Gasteiger partial charge in [0.15, 0.2) is 0 Å². The van der Waals surface area contributed by atoms with Crippen molar-refractivity contribution in [3.8, 4) is 11.4 Å². The van der Waals surface area contributed by atoms with Crippen LogP contribution in [0.4, 0.5) is 0 Å². The minimum Gasteiger partial charge on any atom is -0.497 e. The Hall–Kier alpha value is -1.88. The van der Waals surface area contributed by atoms with Gasteiger partial charge in [-0.3, -0.25) is 0 Å². The maximum Gasteiger partial charge on any atom is 0.121 e. The second kappa shape index (κ2) is 5.01. The van der Waals surface area contributed by atoms with Gasteiger partial charge in [0.1, 0.15) is 5.75 Å². The van der Waals surface area contributed by atoms with Gasteiger partial charge in [-0.1, -0.05) is 11.3 Å². The average molecular weight is 258 g/mol. The highest BCUT2D eigenvalue weighted by molar-refractivity contribution is 5.40. The van der Waals surface area contributed by atoms with Crippen LogP contribution < -0.4 is 10.5 Å². The third-order valence-corrected chi connectivity index (χ3v) is 3.75. The SMILES string of the molecule is COc1cccc(-n2nnc3c2CCC(CN)C3)c1. The average Bonchev–Trinajstić information content (AvgIpc) is 2.90. The maximum absolute atomic E-state index is 5.74. The molecule has 3 rings (SSSR count). The van der Waals surface area contributed by atoms with Crippen LogP contribution in [0.15, 0.2) is 24.3 Å². The van der Waals surface area contributed by atoms with Crippen molar-refractivity contribution in [1.29, 1.82) is 0 Å². The highest BCUT2D eigenvalue weighted by Gasteiger charge is 2.23. The predicted molar refractivity (Wildman–Crippen MR) is 72.5 cm³/mol. The van der Waals surface area contributed by atoms with Crippen LogP contribution >= 0.6 is 0 Å². The highest BCUT2D eigenvalue weighted by Crippen LogP contribution is 2.26. The molecule has 1 heterocycles. The van der Waals surface area contributed by atoms with E-state index in [0.717, 1.165) is 42.9 Å². The van der Waals surface area contributed by atoms with Crippen molar-refractivity contribution < 1.29 is 4.74 Å². The summed E-state index contributed by atoms with van der Waals surface area (Å²) in [4.78, 5) is 0. The molecular formula is C14H18N4O. The van der Waals surface area contributed by atoms with Gasteiger partial charge in [-0.05, 0) is 43.9 Å². The lowest BCUT2D eigenvalue weighted by Gasteiger charge is -2.20. The van der Waals surface area contributed by atoms with E-state index in [1.807, 2.05) is 28.9 Å². The first-order valence-electron chi connectivity index (χ1n) is 6.59. The van der Waals surface area contributed by atoms with Crippen LogP contribution in [0, 0.1) is 5.92 Å². The number of nitrogens with zero attached hydrogens (tertiary/aromatic N) is 3. The van der Waals surface area contributed by atoms with Crippen molar-refractivity contribution in [3.05, 3.63) is 35.7 Å². The zero-order valence-corrected chi connectivity index (χ0v) is 11.0. The molecule has 0 fully saturated rings. The van der Waals surface area contributed by atoms with Crippen LogP contribution in [0.3, 0.4) is 0 Å². The monoisotopic (exact) mass is 258 g/mol. The summed E-state index contributed by atoms with van der Waals surface area (Å²) in [6, 6.07) is 7.89. The largest absolute Gasteiger partial charge is 0.497 e. The third kappa shape index (κ3) is 2.21. The number of rotatable bonds is 3. The van der Waals surface area contributed by atoms with Crippen molar-refractivity contribution in [2.45, 2.75) is 19.3 Å². The van der Waals surface area contributed by atoms with Gasteiger partial charge in [0.05, 0.1) is 24.2 Å². The Kier molecular flexibility index (Phi) is 3.21. The number of hydrogen-bond donors (Lipinski definition) is 1. The lowest BCUT2D eigenvalue weighted by Crippen LogP contribution is -2.23. The van der Waals surface area contributed by atoms with Gasteiger partial charge in [-0.15, -0.1) is 5.10 Å². The Morgan fingerprint density at radius 3 is 3.16 bits per heavy atom. The molecule has 0 saturated carbocycles. The van der Waals surface area contributed by atoms with Crippen molar-refractivity contribution in [2.24, 2.45) is 11.7 Å². The molecule has 19 heavy (non-hydrogen) atoms. The van der Waals surface area contributed by atoms with Crippen LogP contribution in [0.2, 0.25) is 0 Å². The van der Waals surface area contributed by atoms with Crippen molar-refractivity contribution >= 4 is 0 Å². The van der Waals surface area contributed by atoms with Crippen molar-refractivity contribution in [3.63, 3.8) is 0 Å². The van der Waals surface area contributed by atoms with E-state index < -0.39 is 0 Å². The van der Waals surface area contributed by atoms with Crippen molar-refractivity contribution in [1.82, 2.24) is 15.0 Å². The molecule has 1 atom stereocenters. The molecule has 0 spiro atoms. The quantitative estimate of drug-likeness (QED) is 0.902. The van der Waals surface area contributed by atoms with E-state index in [-0.39, 0.29) is 0 Å². The zero-order chi connectivity index (χ0) is 13.2. The van der Waals surface area contributed by atoms with E-state index in [9.17, 15) is 0 Å². The van der Waals surface area contributed by atoms with Crippen LogP contribution in [-0.4, -0.2) is 28.6 Å². The summed E-state index contributed by atoms with van der Waals surface area (Å²) in [5.41, 5.74) is 9.04. The normalized spacial score (nSPS) is 18.1. The van der Waals surface area contributed by atoms with Gasteiger partial charge in [-0.25, -0.2) is 4.68 Å². The molecule has 0 bridgehead atoms. The summed E-state index contributed by atoms with van der Waals surface area (Å²) in [5, 5.41) is 8.59. The second-order valence-electron chi connectivity index (χ2n) is 4.94. The van der Waals surface area contributed by atoms with Crippen LogP contribution in [-0.2, 0) is 12.8 Å². The molecule has 0 saturated heterocycles. The standard InChI is InChI=1S/C14H18N4O/c1-19-12-4-2-3-11(8-12)18-14-6-5-10(9-15)7-13(14)16-17-18/h2-4,8,10H,5-7,9,15H2,1H3. The fraction of sp³-hybridized carbons (Fsp3) is 0.429. The van der Waals surface area contributed by atoms with E-state index in [2.05, 4.69) is 10.3 Å². The van der Waals surface area contributed by atoms with Gasteiger partial charge >= 0.3 is 0 Å². The minimum atomic E-state index is 0.544. The van der Waals surface area contributed by atoms with Crippen LogP contribution in [0.25, 0.3) is 5.69 Å². The number of benzene rings is 1. The molecule has 1 aliphatic carbocycles. The van der Waals surface area contributed by atoms with Crippen LogP contribution in [0.1, 0.15) is 17.8 Å². The van der Waals surface area contributed by atoms with E-state index in [1.165, 1.54) is 5.69 Å². The molecule has 5 heteroatoms. The van der Waals surface area contributed by atoms with E-state index in [1.54, 1.807) is 7.11 Å². The number of ether oxygens (including phenoxy) is 1. The lowest BCUT2D eigenvalue weighted by molar-refractivity contribution is 0.414. The van der Waals surface area contributed by atoms with Crippen molar-refractivity contribution in [2.75, 3.05) is 13.7 Å². The first-order valence-corrected chi connectivity index (χ1v) is 6.59. The van der Waals surface area contributed by atoms with Gasteiger partial charge in [-0.2, -0.15) is 0 Å². The summed E-state index contributed by atoms with van der Waals surface area (Å²) in [6.45, 7) is 0.728. The highest BCUT2D eigenvalue weighted by atomic mass is 16.5. The first kappa shape index (κ1) is 12.2. The van der Waals surface area contributed by atoms with Gasteiger partial charge < -0.3 is 10.5 Å². The molecule has 1 aromatic carbocycles. The Morgan fingerprint density at radius 1 is 1.47 bits per heavy atom. The fourth-order valence-electron chi connectivity index (χ4n) is 2.61. The van der Waals surface area contributed by atoms with Gasteiger partial charge in [0, 0.05) is 6.07 Å². The summed E-state index contributed by atoms with van der Waals surface area (Å²) in [5.74, 6) is 1.38. The van der Waals surface area contributed by atoms with E-state index >= 15 is 0 Å².